The van der Waals surface area contributed by atoms with Gasteiger partial charge >= 0.3 is 0 Å². The summed E-state index contributed by atoms with van der Waals surface area (Å²) >= 11 is 0. The van der Waals surface area contributed by atoms with Gasteiger partial charge in [0.05, 0.1) is 6.10 Å². The highest BCUT2D eigenvalue weighted by atomic mass is 16.3. The highest BCUT2D eigenvalue weighted by molar-refractivity contribution is 5.48. The molecule has 3 rings (SSSR count). The quantitative estimate of drug-likeness (QED) is 0.829. The molecule has 1 aliphatic heterocycles. The van der Waals surface area contributed by atoms with Crippen LogP contribution in [0.5, 0.6) is 0 Å². The van der Waals surface area contributed by atoms with Crippen LogP contribution in [0.15, 0.2) is 54.6 Å². The summed E-state index contributed by atoms with van der Waals surface area (Å²) in [5.74, 6) is 0. The van der Waals surface area contributed by atoms with E-state index in [1.165, 1.54) is 16.8 Å². The molecule has 1 atom stereocenters. The summed E-state index contributed by atoms with van der Waals surface area (Å²) in [4.78, 5) is 7.02. The van der Waals surface area contributed by atoms with E-state index >= 15 is 0 Å². The second-order valence-corrected chi connectivity index (χ2v) is 7.46. The molecule has 2 aromatic carbocycles. The van der Waals surface area contributed by atoms with Gasteiger partial charge < -0.3 is 10.0 Å². The highest BCUT2D eigenvalue weighted by Crippen LogP contribution is 2.18. The number of aliphatic hydroxyl groups excluding tert-OH is 1. The molecule has 0 spiro atoms. The number of aliphatic hydroxyl groups is 1. The lowest BCUT2D eigenvalue weighted by Gasteiger charge is -2.37. The summed E-state index contributed by atoms with van der Waals surface area (Å²) in [7, 11) is 2.08. The van der Waals surface area contributed by atoms with Crippen molar-refractivity contribution in [3.8, 4) is 0 Å². The van der Waals surface area contributed by atoms with Gasteiger partial charge in [0.1, 0.15) is 0 Å². The third-order valence-corrected chi connectivity index (χ3v) is 5.03. The first kappa shape index (κ1) is 18.9. The Morgan fingerprint density at radius 3 is 2.42 bits per heavy atom. The summed E-state index contributed by atoms with van der Waals surface area (Å²) in [5.41, 5.74) is 3.91. The van der Waals surface area contributed by atoms with E-state index < -0.39 is 0 Å². The number of hydrogen-bond acceptors (Lipinski definition) is 4. The molecule has 1 unspecified atom stereocenters. The maximum Gasteiger partial charge on any atom is 0.0793 e. The molecule has 0 bridgehead atoms. The molecule has 4 nitrogen and oxygen atoms in total. The average molecular weight is 354 g/mol. The van der Waals surface area contributed by atoms with Crippen molar-refractivity contribution in [2.24, 2.45) is 0 Å². The third kappa shape index (κ3) is 5.56. The zero-order valence-corrected chi connectivity index (χ0v) is 16.0. The molecule has 1 heterocycles. The number of benzene rings is 2. The van der Waals surface area contributed by atoms with Gasteiger partial charge in [0.25, 0.3) is 0 Å². The number of piperazine rings is 1. The zero-order valence-electron chi connectivity index (χ0n) is 16.0. The van der Waals surface area contributed by atoms with Crippen molar-refractivity contribution in [2.45, 2.75) is 19.6 Å². The van der Waals surface area contributed by atoms with Gasteiger partial charge in [-0.3, -0.25) is 9.80 Å². The molecule has 4 heteroatoms. The summed E-state index contributed by atoms with van der Waals surface area (Å²) in [6.45, 7) is 8.53. The van der Waals surface area contributed by atoms with Crippen LogP contribution < -0.4 is 4.90 Å². The normalized spacial score (nSPS) is 16.8. The number of nitrogens with zero attached hydrogens (tertiary/aromatic N) is 3. The fraction of sp³-hybridized carbons (Fsp3) is 0.455. The number of likely N-dealkylation sites (N-methyl/N-ethyl adjacent to an activating group) is 1. The van der Waals surface area contributed by atoms with Gasteiger partial charge in [0, 0.05) is 51.5 Å². The first-order chi connectivity index (χ1) is 12.6. The zero-order chi connectivity index (χ0) is 18.4. The Morgan fingerprint density at radius 2 is 1.73 bits per heavy atom. The summed E-state index contributed by atoms with van der Waals surface area (Å²) in [6.07, 6.45) is -0.311. The first-order valence-electron chi connectivity index (χ1n) is 9.54. The van der Waals surface area contributed by atoms with Crippen molar-refractivity contribution in [2.75, 3.05) is 51.2 Å². The minimum Gasteiger partial charge on any atom is -0.390 e. The molecular formula is C22H31N3O. The van der Waals surface area contributed by atoms with Crippen LogP contribution in [-0.4, -0.2) is 67.3 Å². The Kier molecular flexibility index (Phi) is 6.67. The van der Waals surface area contributed by atoms with Gasteiger partial charge in [-0.2, -0.15) is 0 Å². The summed E-state index contributed by atoms with van der Waals surface area (Å²) < 4.78 is 0. The van der Waals surface area contributed by atoms with Gasteiger partial charge in [-0.05, 0) is 37.2 Å². The minimum absolute atomic E-state index is 0.311. The predicted molar refractivity (Wildman–Crippen MR) is 109 cm³/mol. The monoisotopic (exact) mass is 353 g/mol. The van der Waals surface area contributed by atoms with Crippen molar-refractivity contribution in [1.82, 2.24) is 9.80 Å². The van der Waals surface area contributed by atoms with Crippen LogP contribution in [0.3, 0.4) is 0 Å². The fourth-order valence-corrected chi connectivity index (χ4v) is 3.69. The molecule has 0 amide bonds. The van der Waals surface area contributed by atoms with Gasteiger partial charge in [-0.1, -0.05) is 42.5 Å². The Morgan fingerprint density at radius 1 is 1.00 bits per heavy atom. The molecule has 140 valence electrons. The molecule has 26 heavy (non-hydrogen) atoms. The van der Waals surface area contributed by atoms with Gasteiger partial charge in [-0.15, -0.1) is 0 Å². The lowest BCUT2D eigenvalue weighted by atomic mass is 10.2. The van der Waals surface area contributed by atoms with E-state index in [1.54, 1.807) is 0 Å². The minimum atomic E-state index is -0.311. The number of rotatable bonds is 7. The van der Waals surface area contributed by atoms with E-state index in [9.17, 15) is 5.11 Å². The van der Waals surface area contributed by atoms with Crippen LogP contribution in [0.4, 0.5) is 5.69 Å². The van der Waals surface area contributed by atoms with Crippen molar-refractivity contribution in [3.05, 3.63) is 65.7 Å². The Labute approximate surface area is 157 Å². The molecule has 1 saturated heterocycles. The summed E-state index contributed by atoms with van der Waals surface area (Å²) in [5, 5.41) is 10.5. The Bertz CT molecular complexity index is 668. The standard InChI is InChI=1S/C22H31N3O/c1-19-7-6-10-21(15-19)25-13-11-24(12-14-25)18-22(26)17-23(2)16-20-8-4-3-5-9-20/h3-10,15,22,26H,11-14,16-18H2,1-2H3. The van der Waals surface area contributed by atoms with E-state index in [-0.39, 0.29) is 6.10 Å². The van der Waals surface area contributed by atoms with E-state index in [0.717, 1.165) is 39.3 Å². The molecule has 0 aliphatic carbocycles. The van der Waals surface area contributed by atoms with E-state index in [0.29, 0.717) is 6.54 Å². The molecule has 0 aromatic heterocycles. The smallest absolute Gasteiger partial charge is 0.0793 e. The summed E-state index contributed by atoms with van der Waals surface area (Å²) in [6, 6.07) is 19.1. The molecule has 2 aromatic rings. The van der Waals surface area contributed by atoms with Crippen LogP contribution >= 0.6 is 0 Å². The number of β-amino-alcohol motifs (C(OH)–C–C–N with tert-alkyl or cyclic N) is 1. The molecule has 0 saturated carbocycles. The molecule has 1 N–H and O–H groups in total. The Hall–Kier alpha value is -1.88. The Balaban J connectivity index is 1.41. The van der Waals surface area contributed by atoms with Crippen molar-refractivity contribution >= 4 is 5.69 Å². The second-order valence-electron chi connectivity index (χ2n) is 7.46. The molecule has 1 fully saturated rings. The maximum absolute atomic E-state index is 10.5. The number of aryl methyl sites for hydroxylation is 1. The second kappa shape index (κ2) is 9.17. The van der Waals surface area contributed by atoms with E-state index in [4.69, 9.17) is 0 Å². The predicted octanol–water partition coefficient (Wildman–Crippen LogP) is 2.61. The molecule has 0 radical (unpaired) electrons. The average Bonchev–Trinajstić information content (AvgIpc) is 2.63. The number of anilines is 1. The van der Waals surface area contributed by atoms with Crippen molar-refractivity contribution in [3.63, 3.8) is 0 Å². The fourth-order valence-electron chi connectivity index (χ4n) is 3.69. The highest BCUT2D eigenvalue weighted by Gasteiger charge is 2.20. The SMILES string of the molecule is Cc1cccc(N2CCN(CC(O)CN(C)Cc3ccccc3)CC2)c1. The maximum atomic E-state index is 10.5. The first-order valence-corrected chi connectivity index (χ1v) is 9.54. The lowest BCUT2D eigenvalue weighted by molar-refractivity contribution is 0.0777. The molecule has 1 aliphatic rings. The van der Waals surface area contributed by atoms with E-state index in [2.05, 4.69) is 77.2 Å². The van der Waals surface area contributed by atoms with Crippen LogP contribution in [0, 0.1) is 6.92 Å². The number of hydrogen-bond donors (Lipinski definition) is 1. The van der Waals surface area contributed by atoms with Crippen LogP contribution in [0.1, 0.15) is 11.1 Å². The van der Waals surface area contributed by atoms with Crippen molar-refractivity contribution in [1.29, 1.82) is 0 Å². The van der Waals surface area contributed by atoms with E-state index in [1.807, 2.05) is 6.07 Å². The van der Waals surface area contributed by atoms with Crippen LogP contribution in [0.2, 0.25) is 0 Å². The lowest BCUT2D eigenvalue weighted by Crippen LogP contribution is -2.49. The van der Waals surface area contributed by atoms with Crippen molar-refractivity contribution < 1.29 is 5.11 Å². The van der Waals surface area contributed by atoms with Crippen LogP contribution in [0.25, 0.3) is 0 Å². The van der Waals surface area contributed by atoms with Gasteiger partial charge in [0.2, 0.25) is 0 Å². The van der Waals surface area contributed by atoms with Gasteiger partial charge in [0.15, 0.2) is 0 Å². The largest absolute Gasteiger partial charge is 0.390 e. The van der Waals surface area contributed by atoms with Crippen LogP contribution in [-0.2, 0) is 6.54 Å². The third-order valence-electron chi connectivity index (χ3n) is 5.03. The van der Waals surface area contributed by atoms with Gasteiger partial charge in [-0.25, -0.2) is 0 Å². The topological polar surface area (TPSA) is 30.0 Å². The molecular weight excluding hydrogens is 322 g/mol.